The van der Waals surface area contributed by atoms with Gasteiger partial charge in [-0.1, -0.05) is 36.4 Å². The van der Waals surface area contributed by atoms with Crippen molar-refractivity contribution >= 4 is 11.8 Å². The number of amides is 2. The van der Waals surface area contributed by atoms with Crippen LogP contribution in [0.15, 0.2) is 48.5 Å². The van der Waals surface area contributed by atoms with Crippen molar-refractivity contribution in [1.82, 2.24) is 9.80 Å². The highest BCUT2D eigenvalue weighted by Crippen LogP contribution is 2.17. The van der Waals surface area contributed by atoms with Crippen LogP contribution in [0.5, 0.6) is 5.75 Å². The molecule has 1 aliphatic rings. The number of hydrogen-bond donors (Lipinski definition) is 0. The van der Waals surface area contributed by atoms with Crippen LogP contribution in [-0.4, -0.2) is 54.4 Å². The lowest BCUT2D eigenvalue weighted by Crippen LogP contribution is -2.39. The number of para-hydroxylation sites is 1. The molecular weight excluding hydrogens is 340 g/mol. The predicted octanol–water partition coefficient (Wildman–Crippen LogP) is 3.06. The monoisotopic (exact) mass is 366 g/mol. The zero-order valence-corrected chi connectivity index (χ0v) is 16.0. The van der Waals surface area contributed by atoms with Gasteiger partial charge in [-0.25, -0.2) is 0 Å². The van der Waals surface area contributed by atoms with E-state index in [1.54, 1.807) is 4.90 Å². The van der Waals surface area contributed by atoms with Gasteiger partial charge in [0.25, 0.3) is 11.8 Å². The van der Waals surface area contributed by atoms with Gasteiger partial charge < -0.3 is 14.5 Å². The van der Waals surface area contributed by atoms with Crippen LogP contribution in [0.2, 0.25) is 0 Å². The van der Waals surface area contributed by atoms with E-state index < -0.39 is 0 Å². The highest BCUT2D eigenvalue weighted by atomic mass is 16.5. The molecule has 1 heterocycles. The molecule has 5 nitrogen and oxygen atoms in total. The minimum Gasteiger partial charge on any atom is -0.484 e. The third kappa shape index (κ3) is 4.67. The molecule has 2 aromatic rings. The first-order valence-corrected chi connectivity index (χ1v) is 9.37. The van der Waals surface area contributed by atoms with E-state index in [0.717, 1.165) is 28.9 Å². The number of rotatable bonds is 4. The Hall–Kier alpha value is -2.82. The summed E-state index contributed by atoms with van der Waals surface area (Å²) >= 11 is 0. The molecule has 2 aromatic carbocycles. The van der Waals surface area contributed by atoms with Crippen molar-refractivity contribution in [2.45, 2.75) is 20.3 Å². The largest absolute Gasteiger partial charge is 0.484 e. The molecule has 0 N–H and O–H groups in total. The van der Waals surface area contributed by atoms with Gasteiger partial charge in [0.1, 0.15) is 5.75 Å². The standard InChI is InChI=1S/C22H26N2O3/c1-17-8-3-5-10-19(17)22(26)24-13-7-12-23(14-15-24)21(25)16-27-20-11-6-4-9-18(20)2/h3-6,8-11H,7,12-16H2,1-2H3. The van der Waals surface area contributed by atoms with E-state index in [9.17, 15) is 9.59 Å². The Bertz CT molecular complexity index is 819. The van der Waals surface area contributed by atoms with Crippen LogP contribution in [0.3, 0.4) is 0 Å². The molecule has 1 saturated heterocycles. The summed E-state index contributed by atoms with van der Waals surface area (Å²) in [7, 11) is 0. The number of benzene rings is 2. The summed E-state index contributed by atoms with van der Waals surface area (Å²) in [5, 5.41) is 0. The van der Waals surface area contributed by atoms with Crippen LogP contribution < -0.4 is 4.74 Å². The minimum atomic E-state index is -0.0385. The average Bonchev–Trinajstić information content (AvgIpc) is 2.93. The van der Waals surface area contributed by atoms with Gasteiger partial charge in [0.05, 0.1) is 0 Å². The van der Waals surface area contributed by atoms with Crippen LogP contribution >= 0.6 is 0 Å². The topological polar surface area (TPSA) is 49.9 Å². The maximum Gasteiger partial charge on any atom is 0.260 e. The van der Waals surface area contributed by atoms with E-state index in [4.69, 9.17) is 4.74 Å². The van der Waals surface area contributed by atoms with E-state index >= 15 is 0 Å². The molecule has 1 fully saturated rings. The highest BCUT2D eigenvalue weighted by Gasteiger charge is 2.23. The Kier molecular flexibility index (Phi) is 6.12. The summed E-state index contributed by atoms with van der Waals surface area (Å²) in [6, 6.07) is 15.3. The molecule has 5 heteroatoms. The van der Waals surface area contributed by atoms with Crippen LogP contribution in [0.1, 0.15) is 27.9 Å². The molecular formula is C22H26N2O3. The van der Waals surface area contributed by atoms with Crippen molar-refractivity contribution in [2.75, 3.05) is 32.8 Å². The lowest BCUT2D eigenvalue weighted by molar-refractivity contribution is -0.133. The Morgan fingerprint density at radius 1 is 0.852 bits per heavy atom. The van der Waals surface area contributed by atoms with Gasteiger partial charge in [-0.3, -0.25) is 9.59 Å². The number of carbonyl (C=O) groups is 2. The summed E-state index contributed by atoms with van der Waals surface area (Å²) in [6.45, 7) is 6.32. The molecule has 2 amide bonds. The third-order valence-corrected chi connectivity index (χ3v) is 4.96. The summed E-state index contributed by atoms with van der Waals surface area (Å²) in [4.78, 5) is 29.0. The number of aryl methyl sites for hydroxylation is 2. The van der Waals surface area contributed by atoms with Crippen molar-refractivity contribution in [3.63, 3.8) is 0 Å². The number of ether oxygens (including phenoxy) is 1. The lowest BCUT2D eigenvalue weighted by atomic mass is 10.1. The molecule has 0 atom stereocenters. The molecule has 0 bridgehead atoms. The zero-order chi connectivity index (χ0) is 19.2. The highest BCUT2D eigenvalue weighted by molar-refractivity contribution is 5.95. The molecule has 3 rings (SSSR count). The Morgan fingerprint density at radius 3 is 2.22 bits per heavy atom. The molecule has 0 radical (unpaired) electrons. The van der Waals surface area contributed by atoms with Crippen LogP contribution in [0.4, 0.5) is 0 Å². The Labute approximate surface area is 160 Å². The van der Waals surface area contributed by atoms with Crippen molar-refractivity contribution in [3.8, 4) is 5.75 Å². The van der Waals surface area contributed by atoms with Crippen molar-refractivity contribution in [1.29, 1.82) is 0 Å². The van der Waals surface area contributed by atoms with E-state index in [1.807, 2.05) is 67.3 Å². The summed E-state index contributed by atoms with van der Waals surface area (Å²) in [6.07, 6.45) is 0.772. The fourth-order valence-corrected chi connectivity index (χ4v) is 3.30. The molecule has 27 heavy (non-hydrogen) atoms. The van der Waals surface area contributed by atoms with Crippen LogP contribution in [-0.2, 0) is 4.79 Å². The van der Waals surface area contributed by atoms with E-state index in [0.29, 0.717) is 26.2 Å². The lowest BCUT2D eigenvalue weighted by Gasteiger charge is -2.23. The van der Waals surface area contributed by atoms with Gasteiger partial charge in [0.2, 0.25) is 0 Å². The van der Waals surface area contributed by atoms with Crippen LogP contribution in [0.25, 0.3) is 0 Å². The fourth-order valence-electron chi connectivity index (χ4n) is 3.30. The molecule has 142 valence electrons. The maximum absolute atomic E-state index is 12.8. The van der Waals surface area contributed by atoms with Gasteiger partial charge in [0, 0.05) is 31.7 Å². The number of nitrogens with zero attached hydrogens (tertiary/aromatic N) is 2. The van der Waals surface area contributed by atoms with Crippen molar-refractivity contribution < 1.29 is 14.3 Å². The first kappa shape index (κ1) is 19.0. The molecule has 0 aromatic heterocycles. The first-order valence-electron chi connectivity index (χ1n) is 9.37. The van der Waals surface area contributed by atoms with Gasteiger partial charge in [-0.15, -0.1) is 0 Å². The molecule has 0 spiro atoms. The zero-order valence-electron chi connectivity index (χ0n) is 16.0. The third-order valence-electron chi connectivity index (χ3n) is 4.96. The van der Waals surface area contributed by atoms with Gasteiger partial charge in [-0.2, -0.15) is 0 Å². The number of hydrogen-bond acceptors (Lipinski definition) is 3. The van der Waals surface area contributed by atoms with Gasteiger partial charge in [-0.05, 0) is 43.5 Å². The summed E-state index contributed by atoms with van der Waals surface area (Å²) in [5.74, 6) is 0.735. The van der Waals surface area contributed by atoms with Gasteiger partial charge >= 0.3 is 0 Å². The van der Waals surface area contributed by atoms with Gasteiger partial charge in [0.15, 0.2) is 6.61 Å². The van der Waals surface area contributed by atoms with E-state index in [1.165, 1.54) is 0 Å². The van der Waals surface area contributed by atoms with Crippen LogP contribution in [0, 0.1) is 13.8 Å². The summed E-state index contributed by atoms with van der Waals surface area (Å²) in [5.41, 5.74) is 2.72. The maximum atomic E-state index is 12.8. The predicted molar refractivity (Wildman–Crippen MR) is 105 cm³/mol. The van der Waals surface area contributed by atoms with E-state index in [-0.39, 0.29) is 18.4 Å². The molecule has 0 aliphatic carbocycles. The first-order chi connectivity index (χ1) is 13.1. The Balaban J connectivity index is 1.56. The summed E-state index contributed by atoms with van der Waals surface area (Å²) < 4.78 is 5.68. The smallest absolute Gasteiger partial charge is 0.260 e. The minimum absolute atomic E-state index is 0.0244. The average molecular weight is 366 g/mol. The SMILES string of the molecule is Cc1ccccc1OCC(=O)N1CCCN(C(=O)c2ccccc2C)CC1. The van der Waals surface area contributed by atoms with Crippen molar-refractivity contribution in [2.24, 2.45) is 0 Å². The second-order valence-corrected chi connectivity index (χ2v) is 6.90. The second kappa shape index (κ2) is 8.71. The number of carbonyl (C=O) groups excluding carboxylic acids is 2. The van der Waals surface area contributed by atoms with E-state index in [2.05, 4.69) is 0 Å². The molecule has 1 aliphatic heterocycles. The second-order valence-electron chi connectivity index (χ2n) is 6.90. The molecule has 0 saturated carbocycles. The Morgan fingerprint density at radius 2 is 1.48 bits per heavy atom. The van der Waals surface area contributed by atoms with Crippen molar-refractivity contribution in [3.05, 3.63) is 65.2 Å². The quantitative estimate of drug-likeness (QED) is 0.836. The normalized spacial score (nSPS) is 14.6. The molecule has 0 unspecified atom stereocenters. The fraction of sp³-hybridized carbons (Fsp3) is 0.364.